The largest absolute Gasteiger partial charge is 0.422 e. The maximum absolute atomic E-state index is 13.4. The molecule has 2 aromatic carbocycles. The topological polar surface area (TPSA) is 86.7 Å². The number of rotatable bonds is 6. The summed E-state index contributed by atoms with van der Waals surface area (Å²) in [6.45, 7) is 6.25. The second-order valence-electron chi connectivity index (χ2n) is 7.20. The molecule has 0 saturated heterocycles. The van der Waals surface area contributed by atoms with Crippen molar-refractivity contribution in [2.75, 3.05) is 0 Å². The molecule has 35 heavy (non-hydrogen) atoms. The predicted octanol–water partition coefficient (Wildman–Crippen LogP) is 7.33. The first-order chi connectivity index (χ1) is 16.1. The number of ether oxygens (including phenoxy) is 2. The maximum atomic E-state index is 13.4. The Hall–Kier alpha value is -1.45. The number of carbonyl (C=O) groups is 2. The van der Waals surface area contributed by atoms with Gasteiger partial charge in [0.15, 0.2) is 10.1 Å². The number of halogens is 6. The molecule has 0 spiro atoms. The Bertz CT molecular complexity index is 1240. The lowest BCUT2D eigenvalue weighted by Gasteiger charge is -2.15. The van der Waals surface area contributed by atoms with Gasteiger partial charge in [-0.2, -0.15) is 0 Å². The lowest BCUT2D eigenvalue weighted by atomic mass is 10.1. The average molecular weight is 621 g/mol. The van der Waals surface area contributed by atoms with Gasteiger partial charge in [0.2, 0.25) is 9.84 Å². The van der Waals surface area contributed by atoms with E-state index in [9.17, 15) is 18.0 Å². The van der Waals surface area contributed by atoms with Crippen LogP contribution in [0.4, 0.5) is 0 Å². The van der Waals surface area contributed by atoms with E-state index in [0.29, 0.717) is 22.3 Å². The summed E-state index contributed by atoms with van der Waals surface area (Å²) < 4.78 is 36.2. The molecule has 0 aliphatic carbocycles. The fourth-order valence-corrected chi connectivity index (χ4v) is 5.00. The van der Waals surface area contributed by atoms with Crippen LogP contribution in [0.15, 0.2) is 53.1 Å². The summed E-state index contributed by atoms with van der Waals surface area (Å²) in [5.41, 5.74) is 1.41. The number of hydrogen-bond donors (Lipinski definition) is 0. The molecule has 0 fully saturated rings. The number of benzene rings is 2. The molecular weight excluding hydrogens is 605 g/mol. The van der Waals surface area contributed by atoms with Crippen LogP contribution < -0.4 is 9.47 Å². The first-order valence-corrected chi connectivity index (χ1v) is 13.2. The van der Waals surface area contributed by atoms with Gasteiger partial charge in [0.25, 0.3) is 0 Å². The average Bonchev–Trinajstić information content (AvgIpc) is 2.76. The van der Waals surface area contributed by atoms with Crippen LogP contribution in [0, 0.1) is 27.7 Å². The highest BCUT2D eigenvalue weighted by atomic mass is 35.5. The Balaban J connectivity index is 2.48. The molecule has 0 heterocycles. The van der Waals surface area contributed by atoms with Crippen molar-refractivity contribution in [1.82, 2.24) is 0 Å². The number of carbonyl (C=O) groups excluding carboxylic acids is 2. The van der Waals surface area contributed by atoms with Gasteiger partial charge in [-0.05, 0) is 74.2 Å². The van der Waals surface area contributed by atoms with Crippen molar-refractivity contribution < 1.29 is 27.5 Å². The van der Waals surface area contributed by atoms with Crippen LogP contribution in [0.3, 0.4) is 0 Å². The molecule has 188 valence electrons. The molecule has 0 aliphatic rings. The van der Waals surface area contributed by atoms with E-state index < -0.39 is 40.8 Å². The molecular formula is C22H16Cl6O6S. The lowest BCUT2D eigenvalue weighted by molar-refractivity contribution is -0.130. The van der Waals surface area contributed by atoms with Crippen molar-refractivity contribution in [1.29, 1.82) is 0 Å². The summed E-state index contributed by atoms with van der Waals surface area (Å²) in [4.78, 5) is 24.0. The summed E-state index contributed by atoms with van der Waals surface area (Å²) in [5.74, 6) is -1.76. The highest BCUT2D eigenvalue weighted by molar-refractivity contribution is 7.91. The van der Waals surface area contributed by atoms with Gasteiger partial charge in [-0.3, -0.25) is 0 Å². The fourth-order valence-electron chi connectivity index (χ4n) is 3.02. The summed E-state index contributed by atoms with van der Waals surface area (Å²) in [6.07, 6.45) is 0. The fraction of sp³-hybridized carbons (Fsp3) is 0.182. The Morgan fingerprint density at radius 1 is 0.600 bits per heavy atom. The molecule has 0 aliphatic heterocycles. The highest BCUT2D eigenvalue weighted by Crippen LogP contribution is 2.34. The zero-order valence-electron chi connectivity index (χ0n) is 18.4. The Kier molecular flexibility index (Phi) is 9.98. The van der Waals surface area contributed by atoms with Crippen LogP contribution in [-0.2, 0) is 19.4 Å². The minimum absolute atomic E-state index is 0.0484. The molecule has 0 aromatic heterocycles. The van der Waals surface area contributed by atoms with Crippen LogP contribution in [-0.4, -0.2) is 20.4 Å². The van der Waals surface area contributed by atoms with Crippen molar-refractivity contribution in [3.8, 4) is 11.5 Å². The Labute approximate surface area is 232 Å². The van der Waals surface area contributed by atoms with Crippen molar-refractivity contribution in [2.45, 2.75) is 37.5 Å². The monoisotopic (exact) mass is 618 g/mol. The van der Waals surface area contributed by atoms with Crippen molar-refractivity contribution in [3.05, 3.63) is 65.6 Å². The SMILES string of the molecule is Cc1cc(S(=O)(=O)c2cc(C)c(OC(=O)C(Cl)=C(Cl)Cl)c(C)c2)cc(C)c1OC(=O)C(Cl)=C(Cl)Cl. The van der Waals surface area contributed by atoms with Crippen LogP contribution in [0.1, 0.15) is 22.3 Å². The van der Waals surface area contributed by atoms with Gasteiger partial charge in [-0.15, -0.1) is 0 Å². The summed E-state index contributed by atoms with van der Waals surface area (Å²) in [7, 11) is -4.02. The van der Waals surface area contributed by atoms with Crippen molar-refractivity contribution in [3.63, 3.8) is 0 Å². The van der Waals surface area contributed by atoms with Gasteiger partial charge in [0.05, 0.1) is 9.79 Å². The summed E-state index contributed by atoms with van der Waals surface area (Å²) >= 11 is 33.4. The standard InChI is InChI=1S/C22H16Cl6O6S/c1-9-5-13(6-10(2)17(9)33-21(29)15(23)19(25)26)35(31,32)14-7-11(3)18(12(4)8-14)34-22(30)16(24)20(27)28/h5-8H,1-4H3. The molecule has 0 bridgehead atoms. The maximum Gasteiger partial charge on any atom is 0.357 e. The summed E-state index contributed by atoms with van der Waals surface area (Å²) in [6, 6.07) is 5.38. The third-order valence-corrected chi connectivity index (χ3v) is 8.11. The second kappa shape index (κ2) is 11.7. The first kappa shape index (κ1) is 29.8. The number of aryl methyl sites for hydroxylation is 4. The zero-order chi connectivity index (χ0) is 26.8. The van der Waals surface area contributed by atoms with Gasteiger partial charge >= 0.3 is 11.9 Å². The smallest absolute Gasteiger partial charge is 0.357 e. The number of sulfone groups is 1. The second-order valence-corrected chi connectivity index (χ2v) is 11.8. The van der Waals surface area contributed by atoms with E-state index in [-0.39, 0.29) is 21.3 Å². The molecule has 0 amide bonds. The molecule has 0 saturated carbocycles. The normalized spacial score (nSPS) is 11.0. The first-order valence-electron chi connectivity index (χ1n) is 9.41. The van der Waals surface area contributed by atoms with Crippen LogP contribution in [0.2, 0.25) is 0 Å². The van der Waals surface area contributed by atoms with E-state index in [4.69, 9.17) is 79.1 Å². The molecule has 2 rings (SSSR count). The minimum Gasteiger partial charge on any atom is -0.422 e. The molecule has 0 radical (unpaired) electrons. The Morgan fingerprint density at radius 3 is 1.09 bits per heavy atom. The van der Waals surface area contributed by atoms with E-state index in [1.807, 2.05) is 0 Å². The molecule has 0 N–H and O–H groups in total. The van der Waals surface area contributed by atoms with Crippen LogP contribution in [0.5, 0.6) is 11.5 Å². The van der Waals surface area contributed by atoms with Crippen molar-refractivity contribution in [2.24, 2.45) is 0 Å². The zero-order valence-corrected chi connectivity index (χ0v) is 23.8. The number of esters is 2. The molecule has 6 nitrogen and oxygen atoms in total. The predicted molar refractivity (Wildman–Crippen MR) is 138 cm³/mol. The van der Waals surface area contributed by atoms with Gasteiger partial charge in [0, 0.05) is 0 Å². The quantitative estimate of drug-likeness (QED) is 0.191. The minimum atomic E-state index is -4.02. The third-order valence-electron chi connectivity index (χ3n) is 4.57. The van der Waals surface area contributed by atoms with Gasteiger partial charge in [-0.25, -0.2) is 18.0 Å². The van der Waals surface area contributed by atoms with Gasteiger partial charge < -0.3 is 9.47 Å². The van der Waals surface area contributed by atoms with Crippen LogP contribution >= 0.6 is 69.6 Å². The van der Waals surface area contributed by atoms with E-state index in [1.54, 1.807) is 27.7 Å². The van der Waals surface area contributed by atoms with E-state index >= 15 is 0 Å². The molecule has 0 unspecified atom stereocenters. The van der Waals surface area contributed by atoms with Gasteiger partial charge in [0.1, 0.15) is 20.5 Å². The molecule has 0 atom stereocenters. The number of hydrogen-bond acceptors (Lipinski definition) is 6. The van der Waals surface area contributed by atoms with Crippen molar-refractivity contribution >= 4 is 91.4 Å². The van der Waals surface area contributed by atoms with E-state index in [1.165, 1.54) is 24.3 Å². The van der Waals surface area contributed by atoms with E-state index in [2.05, 4.69) is 0 Å². The van der Waals surface area contributed by atoms with E-state index in [0.717, 1.165) is 0 Å². The van der Waals surface area contributed by atoms with Gasteiger partial charge in [-0.1, -0.05) is 69.6 Å². The highest BCUT2D eigenvalue weighted by Gasteiger charge is 2.25. The molecule has 2 aromatic rings. The third kappa shape index (κ3) is 6.86. The lowest BCUT2D eigenvalue weighted by Crippen LogP contribution is -2.12. The Morgan fingerprint density at radius 2 is 0.857 bits per heavy atom. The van der Waals surface area contributed by atoms with Crippen LogP contribution in [0.25, 0.3) is 0 Å². The molecule has 13 heteroatoms. The summed E-state index contributed by atoms with van der Waals surface area (Å²) in [5, 5.41) is -1.03.